The number of hydrogen-bond acceptors (Lipinski definition) is 29. The van der Waals surface area contributed by atoms with Crippen molar-refractivity contribution in [2.24, 2.45) is 35.3 Å². The van der Waals surface area contributed by atoms with Crippen molar-refractivity contribution in [3.63, 3.8) is 0 Å². The lowest BCUT2D eigenvalue weighted by Crippen LogP contribution is -2.60. The molecular weight excluding hydrogens is 1820 g/mol. The SMILES string of the molecule is CC[C@H](C)[C@@H]([C@@H](CC(=O)N1CCC[C@H]1[C@H](OC)[C@@H](C)C(=O)N[C@H](C)[C@@H](OP(=O)(O)OCc1ccc(NC(=O)[C@H](CCCNC(N)=O)NC(=O)[C@@H](NC(=O)[C@H](CC(=O)NC2C(=O)OCC(O)C2O)NC(=O)CCOCCOCCOCCOCCNC(=O)[C@H](CNC(=O)CCP(=O)(O)O)N2C(=O)C=CC2=O)C(C)C)cc1)c1ccccc1)OC)N(C)C(=O)[C@@H](NC(=O)[C@H](C(C)C)N(C)C)C(C)C. The number of primary amides is 1. The first kappa shape index (κ1) is 117. The molecule has 4 unspecified atom stereocenters. The molecule has 46 nitrogen and oxygen atoms in total. The number of cyclic esters (lactones) is 1. The zero-order valence-electron chi connectivity index (χ0n) is 80.0. The zero-order chi connectivity index (χ0) is 101. The Morgan fingerprint density at radius 2 is 1.23 bits per heavy atom. The molecule has 0 aromatic heterocycles. The van der Waals surface area contributed by atoms with Gasteiger partial charge < -0.3 is 127 Å². The third-order valence-corrected chi connectivity index (χ3v) is 24.8. The van der Waals surface area contributed by atoms with E-state index in [0.717, 1.165) is 12.2 Å². The van der Waals surface area contributed by atoms with Crippen molar-refractivity contribution in [1.82, 2.24) is 67.5 Å². The normalized spacial score (nSPS) is 19.0. The molecule has 3 heterocycles. The molecule has 2 aromatic rings. The molecule has 18 atom stereocenters. The lowest BCUT2D eigenvalue weighted by Gasteiger charge is -2.41. The summed E-state index contributed by atoms with van der Waals surface area (Å²) >= 11 is 0. The second kappa shape index (κ2) is 58.1. The molecule has 136 heavy (non-hydrogen) atoms. The molecule has 5 rings (SSSR count). The van der Waals surface area contributed by atoms with Gasteiger partial charge >= 0.3 is 27.4 Å². The van der Waals surface area contributed by atoms with Crippen LogP contribution in [0, 0.1) is 29.6 Å². The van der Waals surface area contributed by atoms with Crippen molar-refractivity contribution in [2.45, 2.75) is 225 Å². The molecule has 2 aromatic carbocycles. The Hall–Kier alpha value is -9.87. The lowest BCUT2D eigenvalue weighted by atomic mass is 9.89. The highest BCUT2D eigenvalue weighted by Crippen LogP contribution is 2.50. The highest BCUT2D eigenvalue weighted by Gasteiger charge is 2.47. The molecule has 48 heteroatoms. The van der Waals surface area contributed by atoms with Crippen molar-refractivity contribution in [3.8, 4) is 0 Å². The number of likely N-dealkylation sites (N-methyl/N-ethyl adjacent to an activating group) is 2. The molecule has 0 bridgehead atoms. The van der Waals surface area contributed by atoms with Crippen molar-refractivity contribution in [2.75, 3.05) is 132 Å². The number of rotatable bonds is 62. The third kappa shape index (κ3) is 38.5. The number of phosphoric acid groups is 1. The van der Waals surface area contributed by atoms with E-state index in [1.165, 1.54) is 52.3 Å². The molecule has 17 N–H and O–H groups in total. The average Bonchev–Trinajstić information content (AvgIpc) is 1.56. The first-order valence-corrected chi connectivity index (χ1v) is 48.7. The minimum absolute atomic E-state index is 0.0258. The molecule has 3 aliphatic heterocycles. The van der Waals surface area contributed by atoms with E-state index in [2.05, 4.69) is 53.2 Å². The van der Waals surface area contributed by atoms with Gasteiger partial charge in [0.25, 0.3) is 11.8 Å². The number of nitrogens with one attached hydrogen (secondary N) is 10. The van der Waals surface area contributed by atoms with Crippen LogP contribution < -0.4 is 58.9 Å². The quantitative estimate of drug-likeness (QED) is 0.0170. The Bertz CT molecular complexity index is 4370. The fourth-order valence-electron chi connectivity index (χ4n) is 15.6. The van der Waals surface area contributed by atoms with Gasteiger partial charge in [0.1, 0.15) is 55.1 Å². The smallest absolute Gasteiger partial charge is 0.461 e. The third-order valence-electron chi connectivity index (χ3n) is 23.1. The predicted octanol–water partition coefficient (Wildman–Crippen LogP) is -0.585. The topological polar surface area (TPSA) is 634 Å². The molecule has 0 spiro atoms. The van der Waals surface area contributed by atoms with E-state index >= 15 is 0 Å². The van der Waals surface area contributed by atoms with E-state index in [0.29, 0.717) is 41.8 Å². The van der Waals surface area contributed by atoms with Crippen LogP contribution in [0.4, 0.5) is 10.5 Å². The number of benzene rings is 2. The summed E-state index contributed by atoms with van der Waals surface area (Å²) in [6.45, 7) is 16.5. The van der Waals surface area contributed by atoms with E-state index in [1.54, 1.807) is 61.0 Å². The van der Waals surface area contributed by atoms with Gasteiger partial charge in [0.15, 0.2) is 6.04 Å². The Balaban J connectivity index is 1.17. The number of anilines is 1. The van der Waals surface area contributed by atoms with E-state index in [-0.39, 0.29) is 126 Å². The second-order valence-corrected chi connectivity index (χ2v) is 37.9. The van der Waals surface area contributed by atoms with Crippen LogP contribution in [0.3, 0.4) is 0 Å². The first-order valence-electron chi connectivity index (χ1n) is 45.4. The number of urea groups is 1. The van der Waals surface area contributed by atoms with Crippen LogP contribution in [0.25, 0.3) is 0 Å². The minimum atomic E-state index is -5.04. The van der Waals surface area contributed by atoms with Crippen LogP contribution in [0.15, 0.2) is 66.7 Å². The van der Waals surface area contributed by atoms with Crippen molar-refractivity contribution >= 4 is 110 Å². The maximum atomic E-state index is 14.7. The highest BCUT2D eigenvalue weighted by atomic mass is 31.2. The monoisotopic (exact) mass is 1970 g/mol. The number of carbonyl (C=O) groups is 15. The van der Waals surface area contributed by atoms with Crippen LogP contribution in [-0.4, -0.2) is 345 Å². The van der Waals surface area contributed by atoms with Gasteiger partial charge in [-0.2, -0.15) is 0 Å². The average molecular weight is 1970 g/mol. The Morgan fingerprint density at radius 1 is 0.625 bits per heavy atom. The van der Waals surface area contributed by atoms with Crippen LogP contribution in [-0.2, 0) is 125 Å². The number of methoxy groups -OCH3 is 2. The number of phosphoric ester groups is 1. The molecule has 3 aliphatic rings. The van der Waals surface area contributed by atoms with Gasteiger partial charge in [0.05, 0.1) is 121 Å². The van der Waals surface area contributed by atoms with Gasteiger partial charge in [-0.3, -0.25) is 85.7 Å². The largest absolute Gasteiger partial charge is 0.473 e. The number of aliphatic hydroxyl groups is 2. The number of nitrogens with zero attached hydrogens (tertiary/aromatic N) is 4. The summed E-state index contributed by atoms with van der Waals surface area (Å²) in [6, 6.07) is 1.71. The molecular formula is C88H141N15O31P2. The molecule has 2 saturated heterocycles. The number of esters is 1. The standard InChI is InChI=1S/C88H141N15O31P2/c1-16-54(8)76(101(13)86(118)73(52(4)5)99-85(117)75(53(6)7)100(11)12)65(126-14)47-71(110)102-36-21-25-62(102)78(127-15)55(9)80(112)93-56(10)79(58-22-18-17-19-23-58)134-136(124,125)133-49-57-26-28-59(29-27-57)94-81(113)60(24-20-34-91-88(89)120)96-84(116)72(51(2)3)98-82(114)61(46-68(107)97-74-77(111)64(104)50-132-87(74)119)95-67(106)32-37-128-39-41-130-43-44-131-42-40-129-38-35-90-83(115)63(103-69(108)30-31-70(103)109)48-92-66(105)33-45-135(121,122)123/h17-19,22-23,26-31,51-56,60-65,72-79,104,111H,16,20-21,24-25,32-50H2,1-15H3,(H,90,115)(H,92,105)(H,93,112)(H,94,113)(H,95,106)(H,96,116)(H,97,107)(H,98,114)(H,99,117)(H,124,125)(H3,89,91,120)(H2,121,122,123)/t54-,55+,56+,60-,61-,62-,63-,64?,65+,72-,73-,74?,75-,76-,77?,78+,79+/m0/s1. The minimum Gasteiger partial charge on any atom is -0.461 e. The van der Waals surface area contributed by atoms with Crippen LogP contribution in [0.5, 0.6) is 0 Å². The van der Waals surface area contributed by atoms with Gasteiger partial charge in [0, 0.05) is 78.1 Å². The Morgan fingerprint density at radius 3 is 1.79 bits per heavy atom. The highest BCUT2D eigenvalue weighted by molar-refractivity contribution is 7.51. The maximum absolute atomic E-state index is 14.7. The van der Waals surface area contributed by atoms with Crippen LogP contribution >= 0.6 is 15.4 Å². The van der Waals surface area contributed by atoms with Crippen molar-refractivity contribution < 1.29 is 148 Å². The summed E-state index contributed by atoms with van der Waals surface area (Å²) in [5.41, 5.74) is 6.15. The van der Waals surface area contributed by atoms with E-state index in [1.807, 2.05) is 60.5 Å². The van der Waals surface area contributed by atoms with Gasteiger partial charge in [-0.25, -0.2) is 14.2 Å². The predicted molar refractivity (Wildman–Crippen MR) is 490 cm³/mol. The van der Waals surface area contributed by atoms with E-state index in [4.69, 9.17) is 57.7 Å². The maximum Gasteiger partial charge on any atom is 0.473 e. The fraction of sp³-hybridized carbons (Fsp3) is 0.670. The number of imide groups is 1. The molecule has 0 saturated carbocycles. The molecule has 0 aliphatic carbocycles. The lowest BCUT2D eigenvalue weighted by molar-refractivity contribution is -0.170. The van der Waals surface area contributed by atoms with Crippen LogP contribution in [0.1, 0.15) is 144 Å². The first-order chi connectivity index (χ1) is 64.1. The number of amides is 15. The van der Waals surface area contributed by atoms with E-state index < -0.39 is 234 Å². The molecule has 0 radical (unpaired) electrons. The van der Waals surface area contributed by atoms with Gasteiger partial charge in [0.2, 0.25) is 65.0 Å². The number of likely N-dealkylation sites (tertiary alicyclic amines) is 1. The van der Waals surface area contributed by atoms with Crippen molar-refractivity contribution in [3.05, 3.63) is 77.9 Å². The number of ether oxygens (including phenoxy) is 7. The van der Waals surface area contributed by atoms with Gasteiger partial charge in [-0.05, 0) is 93.6 Å². The number of carbonyl (C=O) groups excluding carboxylic acids is 15. The summed E-state index contributed by atoms with van der Waals surface area (Å²) in [7, 11) is -1.31. The van der Waals surface area contributed by atoms with Gasteiger partial charge in [-0.15, -0.1) is 0 Å². The molecule has 764 valence electrons. The summed E-state index contributed by atoms with van der Waals surface area (Å²) in [4.78, 5) is 237. The fourth-order valence-corrected chi connectivity index (χ4v) is 17.1. The van der Waals surface area contributed by atoms with Crippen molar-refractivity contribution in [1.29, 1.82) is 0 Å². The summed E-state index contributed by atoms with van der Waals surface area (Å²) < 4.78 is 75.7. The second-order valence-electron chi connectivity index (χ2n) is 34.7. The van der Waals surface area contributed by atoms with E-state index in [9.17, 15) is 96.2 Å². The number of aliphatic hydroxyl groups excluding tert-OH is 2. The number of nitrogens with two attached hydrogens (primary N) is 1. The molecule has 15 amide bonds. The Kier molecular flexibility index (Phi) is 49.8. The summed E-state index contributed by atoms with van der Waals surface area (Å²) in [5.74, 6) is -12.7. The Labute approximate surface area is 792 Å². The number of hydrogen-bond donors (Lipinski definition) is 16. The summed E-state index contributed by atoms with van der Waals surface area (Å²) in [6.07, 6.45) is -5.59. The van der Waals surface area contributed by atoms with Gasteiger partial charge in [-0.1, -0.05) is 111 Å². The summed E-state index contributed by atoms with van der Waals surface area (Å²) in [5, 5.41) is 46.4. The van der Waals surface area contributed by atoms with Crippen LogP contribution in [0.2, 0.25) is 0 Å². The molecule has 2 fully saturated rings. The zero-order valence-corrected chi connectivity index (χ0v) is 81.8.